The van der Waals surface area contributed by atoms with Gasteiger partial charge in [0.2, 0.25) is 10.0 Å². The molecule has 0 fully saturated rings. The maximum Gasteiger partial charge on any atom is 0.243 e. The Labute approximate surface area is 124 Å². The highest BCUT2D eigenvalue weighted by molar-refractivity contribution is 7.89. The third-order valence-corrected chi connectivity index (χ3v) is 4.06. The lowest BCUT2D eigenvalue weighted by Gasteiger charge is -2.12. The molecule has 7 heteroatoms. The van der Waals surface area contributed by atoms with Gasteiger partial charge in [0.05, 0.1) is 0 Å². The van der Waals surface area contributed by atoms with Gasteiger partial charge in [0.15, 0.2) is 0 Å². The number of hydrogen-bond donors (Lipinski definition) is 2. The molecule has 1 aromatic rings. The summed E-state index contributed by atoms with van der Waals surface area (Å²) in [6, 6.07) is 3.56. The minimum atomic E-state index is -3.92. The van der Waals surface area contributed by atoms with Crippen LogP contribution in [0.25, 0.3) is 0 Å². The van der Waals surface area contributed by atoms with Crippen LogP contribution in [0.1, 0.15) is 12.5 Å². The molecule has 0 heterocycles. The Morgan fingerprint density at radius 1 is 1.48 bits per heavy atom. The van der Waals surface area contributed by atoms with Crippen LogP contribution in [-0.2, 0) is 14.8 Å². The minimum Gasteiger partial charge on any atom is -0.384 e. The van der Waals surface area contributed by atoms with Gasteiger partial charge in [-0.1, -0.05) is 18.8 Å². The van der Waals surface area contributed by atoms with E-state index >= 15 is 0 Å². The number of nitrogens with one attached hydrogen (secondary N) is 1. The molecule has 0 aliphatic rings. The van der Waals surface area contributed by atoms with Crippen LogP contribution in [0, 0.1) is 23.6 Å². The Morgan fingerprint density at radius 2 is 2.19 bits per heavy atom. The van der Waals surface area contributed by atoms with Gasteiger partial charge >= 0.3 is 0 Å². The second-order valence-electron chi connectivity index (χ2n) is 4.52. The molecule has 0 saturated carbocycles. The third-order valence-electron chi connectivity index (χ3n) is 2.61. The molecule has 1 rings (SSSR count). The van der Waals surface area contributed by atoms with Crippen molar-refractivity contribution in [2.24, 2.45) is 5.92 Å². The van der Waals surface area contributed by atoms with Crippen LogP contribution in [0.2, 0.25) is 0 Å². The lowest BCUT2D eigenvalue weighted by molar-refractivity contribution is 0.161. The fourth-order valence-corrected chi connectivity index (χ4v) is 2.83. The Balaban J connectivity index is 2.88. The van der Waals surface area contributed by atoms with Crippen molar-refractivity contribution in [3.63, 3.8) is 0 Å². The number of aliphatic hydroxyl groups excluding tert-OH is 1. The SMILES string of the molecule is COCC(C)CNS(=O)(=O)c1ccc(C#CCO)cc1F. The predicted octanol–water partition coefficient (Wildman–Crippen LogP) is 0.730. The van der Waals surface area contributed by atoms with Gasteiger partial charge in [-0.2, -0.15) is 0 Å². The molecule has 1 unspecified atom stereocenters. The van der Waals surface area contributed by atoms with Crippen molar-refractivity contribution in [1.29, 1.82) is 0 Å². The molecule has 0 saturated heterocycles. The summed E-state index contributed by atoms with van der Waals surface area (Å²) in [6.07, 6.45) is 0. The van der Waals surface area contributed by atoms with Crippen LogP contribution >= 0.6 is 0 Å². The quantitative estimate of drug-likeness (QED) is 0.759. The summed E-state index contributed by atoms with van der Waals surface area (Å²) in [5, 5.41) is 8.56. The molecule has 116 valence electrons. The van der Waals surface area contributed by atoms with Crippen molar-refractivity contribution in [2.45, 2.75) is 11.8 Å². The van der Waals surface area contributed by atoms with Gasteiger partial charge < -0.3 is 9.84 Å². The van der Waals surface area contributed by atoms with Crippen LogP contribution < -0.4 is 4.72 Å². The van der Waals surface area contributed by atoms with Crippen molar-refractivity contribution < 1.29 is 22.7 Å². The average molecular weight is 315 g/mol. The summed E-state index contributed by atoms with van der Waals surface area (Å²) < 4.78 is 45.2. The largest absolute Gasteiger partial charge is 0.384 e. The smallest absolute Gasteiger partial charge is 0.243 e. The average Bonchev–Trinajstić information content (AvgIpc) is 2.43. The van der Waals surface area contributed by atoms with Gasteiger partial charge in [-0.3, -0.25) is 0 Å². The lowest BCUT2D eigenvalue weighted by atomic mass is 10.2. The molecule has 0 bridgehead atoms. The molecule has 21 heavy (non-hydrogen) atoms. The molecule has 0 aliphatic carbocycles. The monoisotopic (exact) mass is 315 g/mol. The maximum atomic E-state index is 13.9. The molecule has 1 aromatic carbocycles. The first-order chi connectivity index (χ1) is 9.90. The summed E-state index contributed by atoms with van der Waals surface area (Å²) in [5.74, 6) is 3.96. The van der Waals surface area contributed by atoms with Crippen molar-refractivity contribution in [3.05, 3.63) is 29.6 Å². The normalized spacial score (nSPS) is 12.6. The van der Waals surface area contributed by atoms with Crippen LogP contribution in [-0.4, -0.2) is 40.4 Å². The van der Waals surface area contributed by atoms with E-state index < -0.39 is 20.7 Å². The first-order valence-corrected chi connectivity index (χ1v) is 7.77. The Kier molecular flexibility index (Phi) is 6.78. The van der Waals surface area contributed by atoms with Crippen molar-refractivity contribution in [3.8, 4) is 11.8 Å². The van der Waals surface area contributed by atoms with Gasteiger partial charge in [-0.05, 0) is 24.1 Å². The van der Waals surface area contributed by atoms with Crippen molar-refractivity contribution in [2.75, 3.05) is 26.9 Å². The highest BCUT2D eigenvalue weighted by atomic mass is 32.2. The second kappa shape index (κ2) is 8.10. The molecule has 0 aromatic heterocycles. The zero-order valence-corrected chi connectivity index (χ0v) is 12.7. The number of aliphatic hydroxyl groups is 1. The Bertz CT molecular complexity index is 634. The lowest BCUT2D eigenvalue weighted by Crippen LogP contribution is -2.30. The Morgan fingerprint density at radius 3 is 2.76 bits per heavy atom. The van der Waals surface area contributed by atoms with Crippen molar-refractivity contribution in [1.82, 2.24) is 4.72 Å². The summed E-state index contributed by atoms with van der Waals surface area (Å²) in [4.78, 5) is -0.429. The van der Waals surface area contributed by atoms with E-state index in [1.165, 1.54) is 13.2 Å². The van der Waals surface area contributed by atoms with Crippen LogP contribution in [0.3, 0.4) is 0 Å². The standard InChI is InChI=1S/C14H18FNO4S/c1-11(10-20-2)9-16-21(18,19)14-6-5-12(4-3-7-17)8-13(14)15/h5-6,8,11,16-17H,7,9-10H2,1-2H3. The van der Waals surface area contributed by atoms with Crippen LogP contribution in [0.5, 0.6) is 0 Å². The van der Waals surface area contributed by atoms with E-state index in [1.54, 1.807) is 0 Å². The number of ether oxygens (including phenoxy) is 1. The van der Waals surface area contributed by atoms with Crippen molar-refractivity contribution >= 4 is 10.0 Å². The van der Waals surface area contributed by atoms with E-state index in [4.69, 9.17) is 9.84 Å². The summed E-state index contributed by atoms with van der Waals surface area (Å²) >= 11 is 0. The van der Waals surface area contributed by atoms with E-state index in [2.05, 4.69) is 16.6 Å². The van der Waals surface area contributed by atoms with Gasteiger partial charge in [0.25, 0.3) is 0 Å². The Hall–Kier alpha value is -1.46. The molecule has 5 nitrogen and oxygen atoms in total. The minimum absolute atomic E-state index is 0.0254. The topological polar surface area (TPSA) is 75.6 Å². The number of halogens is 1. The third kappa shape index (κ3) is 5.44. The van der Waals surface area contributed by atoms with E-state index in [1.807, 2.05) is 6.92 Å². The first-order valence-electron chi connectivity index (χ1n) is 6.28. The molecule has 0 spiro atoms. The highest BCUT2D eigenvalue weighted by Crippen LogP contribution is 2.15. The molecule has 2 N–H and O–H groups in total. The maximum absolute atomic E-state index is 13.9. The number of rotatable bonds is 6. The molecule has 0 aliphatic heterocycles. The number of methoxy groups -OCH3 is 1. The zero-order chi connectivity index (χ0) is 15.9. The number of sulfonamides is 1. The molecular weight excluding hydrogens is 297 g/mol. The van der Waals surface area contributed by atoms with Gasteiger partial charge in [-0.25, -0.2) is 17.5 Å². The summed E-state index contributed by atoms with van der Waals surface area (Å²) in [7, 11) is -2.40. The first kappa shape index (κ1) is 17.6. The molecule has 0 radical (unpaired) electrons. The van der Waals surface area contributed by atoms with E-state index in [-0.39, 0.29) is 19.1 Å². The van der Waals surface area contributed by atoms with Gasteiger partial charge in [0, 0.05) is 25.8 Å². The fraction of sp³-hybridized carbons (Fsp3) is 0.429. The second-order valence-corrected chi connectivity index (χ2v) is 6.25. The van der Waals surface area contributed by atoms with Crippen LogP contribution in [0.15, 0.2) is 23.1 Å². The van der Waals surface area contributed by atoms with E-state index in [0.29, 0.717) is 12.2 Å². The zero-order valence-electron chi connectivity index (χ0n) is 11.9. The highest BCUT2D eigenvalue weighted by Gasteiger charge is 2.19. The molecule has 1 atom stereocenters. The van der Waals surface area contributed by atoms with E-state index in [9.17, 15) is 12.8 Å². The number of hydrogen-bond acceptors (Lipinski definition) is 4. The predicted molar refractivity (Wildman–Crippen MR) is 76.6 cm³/mol. The van der Waals surface area contributed by atoms with Gasteiger partial charge in [0.1, 0.15) is 17.3 Å². The summed E-state index contributed by atoms with van der Waals surface area (Å²) in [5.41, 5.74) is 0.299. The fourth-order valence-electron chi connectivity index (χ4n) is 1.61. The molecular formula is C14H18FNO4S. The summed E-state index contributed by atoms with van der Waals surface area (Å²) in [6.45, 7) is 2.03. The van der Waals surface area contributed by atoms with Gasteiger partial charge in [-0.15, -0.1) is 0 Å². The van der Waals surface area contributed by atoms with Crippen LogP contribution in [0.4, 0.5) is 4.39 Å². The van der Waals surface area contributed by atoms with E-state index in [0.717, 1.165) is 12.1 Å². The molecule has 0 amide bonds. The number of benzene rings is 1.